The summed E-state index contributed by atoms with van der Waals surface area (Å²) in [6.07, 6.45) is 6.22. The fourth-order valence-electron chi connectivity index (χ4n) is 2.15. The second kappa shape index (κ2) is 9.08. The van der Waals surface area contributed by atoms with Crippen LogP contribution in [0.5, 0.6) is 11.5 Å². The third-order valence-corrected chi connectivity index (χ3v) is 3.36. The van der Waals surface area contributed by atoms with Crippen LogP contribution in [-0.2, 0) is 4.79 Å². The van der Waals surface area contributed by atoms with Gasteiger partial charge in [-0.25, -0.2) is 4.79 Å². The van der Waals surface area contributed by atoms with Crippen LogP contribution in [0, 0.1) is 0 Å². The molecule has 6 heteroatoms. The number of carbonyl (C=O) groups excluding carboxylic acids is 1. The van der Waals surface area contributed by atoms with Crippen LogP contribution in [-0.4, -0.2) is 24.1 Å². The molecule has 0 saturated heterocycles. The van der Waals surface area contributed by atoms with E-state index in [9.17, 15) is 9.59 Å². The van der Waals surface area contributed by atoms with Crippen LogP contribution in [0.25, 0.3) is 6.08 Å². The number of carboxylic acid groups (broad SMARTS) is 1. The van der Waals surface area contributed by atoms with E-state index in [4.69, 9.17) is 14.6 Å². The number of allylic oxidation sites excluding steroid dienone is 1. The normalized spacial score (nSPS) is 10.8. The van der Waals surface area contributed by atoms with Gasteiger partial charge in [-0.05, 0) is 42.8 Å². The maximum atomic E-state index is 12.1. The van der Waals surface area contributed by atoms with E-state index in [0.717, 1.165) is 5.56 Å². The van der Waals surface area contributed by atoms with Crippen molar-refractivity contribution in [2.45, 2.75) is 6.92 Å². The van der Waals surface area contributed by atoms with E-state index in [1.807, 2.05) is 6.92 Å². The molecule has 0 spiro atoms. The van der Waals surface area contributed by atoms with Crippen LogP contribution in [0.2, 0.25) is 0 Å². The van der Waals surface area contributed by atoms with Crippen LogP contribution < -0.4 is 14.8 Å². The van der Waals surface area contributed by atoms with Gasteiger partial charge in [-0.15, -0.1) is 0 Å². The number of carbonyl (C=O) groups is 2. The van der Waals surface area contributed by atoms with Gasteiger partial charge in [0, 0.05) is 6.08 Å². The molecule has 0 bridgehead atoms. The van der Waals surface area contributed by atoms with Crippen LogP contribution >= 0.6 is 0 Å². The average molecular weight is 353 g/mol. The Hall–Kier alpha value is -3.54. The Labute approximate surface area is 151 Å². The van der Waals surface area contributed by atoms with Crippen molar-refractivity contribution in [3.8, 4) is 11.5 Å². The van der Waals surface area contributed by atoms with Crippen molar-refractivity contribution in [2.75, 3.05) is 12.4 Å². The molecule has 2 aromatic carbocycles. The minimum absolute atomic E-state index is 0.0291. The molecule has 6 nitrogen and oxygen atoms in total. The van der Waals surface area contributed by atoms with E-state index in [0.29, 0.717) is 11.5 Å². The maximum Gasteiger partial charge on any atom is 0.337 e. The highest BCUT2D eigenvalue weighted by atomic mass is 16.5. The second-order valence-corrected chi connectivity index (χ2v) is 5.17. The van der Waals surface area contributed by atoms with Gasteiger partial charge >= 0.3 is 5.97 Å². The number of rotatable bonds is 7. The van der Waals surface area contributed by atoms with Crippen LogP contribution in [0.15, 0.2) is 60.9 Å². The molecule has 0 saturated carbocycles. The molecular formula is C20H19NO5. The maximum absolute atomic E-state index is 12.1. The van der Waals surface area contributed by atoms with Crippen LogP contribution in [0.3, 0.4) is 0 Å². The number of amides is 1. The van der Waals surface area contributed by atoms with E-state index in [1.54, 1.807) is 48.7 Å². The smallest absolute Gasteiger partial charge is 0.337 e. The quantitative estimate of drug-likeness (QED) is 0.581. The summed E-state index contributed by atoms with van der Waals surface area (Å²) >= 11 is 0. The first-order valence-electron chi connectivity index (χ1n) is 7.82. The summed E-state index contributed by atoms with van der Waals surface area (Å²) in [7, 11) is 1.53. The molecule has 2 aromatic rings. The van der Waals surface area contributed by atoms with E-state index < -0.39 is 11.9 Å². The van der Waals surface area contributed by atoms with Gasteiger partial charge in [-0.2, -0.15) is 0 Å². The number of benzene rings is 2. The minimum Gasteiger partial charge on any atom is -0.493 e. The Morgan fingerprint density at radius 1 is 1.12 bits per heavy atom. The number of methoxy groups -OCH3 is 1. The molecule has 0 atom stereocenters. The number of anilines is 1. The van der Waals surface area contributed by atoms with Crippen LogP contribution in [0.1, 0.15) is 22.8 Å². The second-order valence-electron chi connectivity index (χ2n) is 5.17. The molecule has 0 heterocycles. The summed E-state index contributed by atoms with van der Waals surface area (Å²) in [5.41, 5.74) is 1.00. The summed E-state index contributed by atoms with van der Waals surface area (Å²) in [6.45, 7) is 1.84. The monoisotopic (exact) mass is 353 g/mol. The van der Waals surface area contributed by atoms with Crippen LogP contribution in [0.4, 0.5) is 5.69 Å². The summed E-state index contributed by atoms with van der Waals surface area (Å²) in [5.74, 6) is -0.456. The number of aromatic carboxylic acids is 1. The van der Waals surface area contributed by atoms with Crippen molar-refractivity contribution in [3.05, 3.63) is 72.0 Å². The molecule has 0 radical (unpaired) electrons. The number of hydrogen-bond acceptors (Lipinski definition) is 4. The van der Waals surface area contributed by atoms with Gasteiger partial charge in [-0.3, -0.25) is 4.79 Å². The van der Waals surface area contributed by atoms with E-state index in [-0.39, 0.29) is 11.3 Å². The molecule has 0 aliphatic carbocycles. The predicted molar refractivity (Wildman–Crippen MR) is 99.5 cm³/mol. The lowest BCUT2D eigenvalue weighted by Gasteiger charge is -2.08. The molecular weight excluding hydrogens is 334 g/mol. The molecule has 2 N–H and O–H groups in total. The zero-order valence-corrected chi connectivity index (χ0v) is 14.4. The van der Waals surface area contributed by atoms with Crippen molar-refractivity contribution in [2.24, 2.45) is 0 Å². The summed E-state index contributed by atoms with van der Waals surface area (Å²) in [6, 6.07) is 11.4. The van der Waals surface area contributed by atoms with Gasteiger partial charge in [0.05, 0.1) is 24.6 Å². The molecule has 0 unspecified atom stereocenters. The van der Waals surface area contributed by atoms with E-state index in [1.165, 1.54) is 25.3 Å². The first kappa shape index (κ1) is 18.8. The first-order chi connectivity index (χ1) is 12.5. The number of para-hydroxylation sites is 1. The van der Waals surface area contributed by atoms with Crippen molar-refractivity contribution in [1.82, 2.24) is 0 Å². The fraction of sp³-hybridized carbons (Fsp3) is 0.100. The molecule has 0 aromatic heterocycles. The average Bonchev–Trinajstić information content (AvgIpc) is 2.65. The number of carboxylic acids is 1. The Kier molecular flexibility index (Phi) is 6.56. The summed E-state index contributed by atoms with van der Waals surface area (Å²) in [4.78, 5) is 23.2. The zero-order chi connectivity index (χ0) is 18.9. The van der Waals surface area contributed by atoms with Gasteiger partial charge in [0.15, 0.2) is 11.5 Å². The number of nitrogens with one attached hydrogen (secondary N) is 1. The van der Waals surface area contributed by atoms with Crippen molar-refractivity contribution in [3.63, 3.8) is 0 Å². The Balaban J connectivity index is 2.12. The molecule has 134 valence electrons. The molecule has 0 aliphatic rings. The third-order valence-electron chi connectivity index (χ3n) is 3.36. The van der Waals surface area contributed by atoms with Gasteiger partial charge < -0.3 is 19.9 Å². The third kappa shape index (κ3) is 4.98. The number of hydrogen-bond donors (Lipinski definition) is 2. The Morgan fingerprint density at radius 2 is 1.88 bits per heavy atom. The highest BCUT2D eigenvalue weighted by Crippen LogP contribution is 2.28. The van der Waals surface area contributed by atoms with E-state index >= 15 is 0 Å². The standard InChI is InChI=1S/C20H19NO5/c1-3-12-26-17-10-8-14(13-18(17)25-2)9-11-19(22)21-16-7-5-4-6-15(16)20(23)24/h3-13H,1-2H3,(H,21,22)(H,23,24)/b11-9+,12-3+. The Morgan fingerprint density at radius 3 is 2.58 bits per heavy atom. The highest BCUT2D eigenvalue weighted by molar-refractivity contribution is 6.06. The van der Waals surface area contributed by atoms with Gasteiger partial charge in [0.25, 0.3) is 0 Å². The summed E-state index contributed by atoms with van der Waals surface area (Å²) in [5, 5.41) is 11.7. The van der Waals surface area contributed by atoms with Crippen molar-refractivity contribution in [1.29, 1.82) is 0 Å². The number of ether oxygens (including phenoxy) is 2. The van der Waals surface area contributed by atoms with Gasteiger partial charge in [-0.1, -0.05) is 24.3 Å². The van der Waals surface area contributed by atoms with E-state index in [2.05, 4.69) is 5.32 Å². The Bertz CT molecular complexity index is 855. The molecule has 0 aliphatic heterocycles. The molecule has 26 heavy (non-hydrogen) atoms. The molecule has 2 rings (SSSR count). The minimum atomic E-state index is -1.11. The van der Waals surface area contributed by atoms with Crippen molar-refractivity contribution >= 4 is 23.6 Å². The van der Waals surface area contributed by atoms with Crippen molar-refractivity contribution < 1.29 is 24.2 Å². The lowest BCUT2D eigenvalue weighted by molar-refractivity contribution is -0.111. The molecule has 0 fully saturated rings. The fourth-order valence-corrected chi connectivity index (χ4v) is 2.15. The zero-order valence-electron chi connectivity index (χ0n) is 14.4. The topological polar surface area (TPSA) is 84.9 Å². The first-order valence-corrected chi connectivity index (χ1v) is 7.82. The highest BCUT2D eigenvalue weighted by Gasteiger charge is 2.10. The molecule has 1 amide bonds. The largest absolute Gasteiger partial charge is 0.493 e. The summed E-state index contributed by atoms with van der Waals surface area (Å²) < 4.78 is 10.7. The SMILES string of the molecule is C/C=C/Oc1ccc(/C=C/C(=O)Nc2ccccc2C(=O)O)cc1OC. The lowest BCUT2D eigenvalue weighted by atomic mass is 10.1. The van der Waals surface area contributed by atoms with Gasteiger partial charge in [0.1, 0.15) is 0 Å². The van der Waals surface area contributed by atoms with Gasteiger partial charge in [0.2, 0.25) is 5.91 Å². The predicted octanol–water partition coefficient (Wildman–Crippen LogP) is 3.96. The lowest BCUT2D eigenvalue weighted by Crippen LogP contribution is -2.11.